The van der Waals surface area contributed by atoms with E-state index in [-0.39, 0.29) is 17.5 Å². The molecule has 0 unspecified atom stereocenters. The van der Waals surface area contributed by atoms with E-state index in [0.717, 1.165) is 18.8 Å². The normalized spacial score (nSPS) is 15.9. The molecular formula is C28H27N3O3. The van der Waals surface area contributed by atoms with E-state index in [1.54, 1.807) is 0 Å². The molecule has 0 radical (unpaired) electrons. The van der Waals surface area contributed by atoms with Crippen molar-refractivity contribution in [2.24, 2.45) is 0 Å². The van der Waals surface area contributed by atoms with Gasteiger partial charge in [0.25, 0.3) is 11.8 Å². The van der Waals surface area contributed by atoms with E-state index >= 15 is 0 Å². The van der Waals surface area contributed by atoms with Gasteiger partial charge in [-0.15, -0.1) is 0 Å². The summed E-state index contributed by atoms with van der Waals surface area (Å²) < 4.78 is 5.72. The third-order valence-corrected chi connectivity index (χ3v) is 6.17. The molecule has 0 saturated carbocycles. The largest absolute Gasteiger partial charge is 0.492 e. The topological polar surface area (TPSA) is 61.9 Å². The highest BCUT2D eigenvalue weighted by Gasteiger charge is 2.40. The molecule has 1 fully saturated rings. The van der Waals surface area contributed by atoms with Gasteiger partial charge in [0.05, 0.1) is 23.6 Å². The van der Waals surface area contributed by atoms with Crippen LogP contribution >= 0.6 is 0 Å². The monoisotopic (exact) mass is 453 g/mol. The number of imide groups is 1. The fourth-order valence-electron chi connectivity index (χ4n) is 4.53. The van der Waals surface area contributed by atoms with E-state index in [0.29, 0.717) is 34.9 Å². The van der Waals surface area contributed by atoms with E-state index in [2.05, 4.69) is 10.2 Å². The lowest BCUT2D eigenvalue weighted by atomic mass is 10.0. The second-order valence-electron chi connectivity index (χ2n) is 8.33. The van der Waals surface area contributed by atoms with Crippen molar-refractivity contribution in [3.8, 4) is 5.75 Å². The van der Waals surface area contributed by atoms with Gasteiger partial charge in [0.15, 0.2) is 0 Å². The van der Waals surface area contributed by atoms with Crippen LogP contribution in [-0.4, -0.2) is 31.5 Å². The van der Waals surface area contributed by atoms with Gasteiger partial charge in [0.1, 0.15) is 11.4 Å². The fraction of sp³-hybridized carbons (Fsp3) is 0.214. The van der Waals surface area contributed by atoms with Crippen molar-refractivity contribution < 1.29 is 14.3 Å². The summed E-state index contributed by atoms with van der Waals surface area (Å²) in [4.78, 5) is 30.9. The molecular weight excluding hydrogens is 426 g/mol. The molecule has 3 aromatic carbocycles. The Bertz CT molecular complexity index is 1230. The van der Waals surface area contributed by atoms with E-state index in [1.165, 1.54) is 17.7 Å². The highest BCUT2D eigenvalue weighted by Crippen LogP contribution is 2.36. The molecule has 6 heteroatoms. The van der Waals surface area contributed by atoms with Gasteiger partial charge < -0.3 is 15.0 Å². The van der Waals surface area contributed by atoms with Crippen molar-refractivity contribution in [3.63, 3.8) is 0 Å². The number of hydrogen-bond donors (Lipinski definition) is 1. The first kappa shape index (κ1) is 21.8. The molecule has 5 rings (SSSR count). The summed E-state index contributed by atoms with van der Waals surface area (Å²) in [6.45, 7) is 4.47. The zero-order chi connectivity index (χ0) is 23.5. The predicted octanol–water partition coefficient (Wildman–Crippen LogP) is 5.08. The SMILES string of the molecule is CCOc1ccccc1NC1=C(c2ccccc2)C(=O)N(c2ccc(N3CCCC3)cc2)C1=O. The zero-order valence-corrected chi connectivity index (χ0v) is 19.2. The van der Waals surface area contributed by atoms with Gasteiger partial charge in [-0.25, -0.2) is 4.90 Å². The van der Waals surface area contributed by atoms with Crippen molar-refractivity contribution in [1.29, 1.82) is 0 Å². The van der Waals surface area contributed by atoms with Gasteiger partial charge in [-0.3, -0.25) is 9.59 Å². The van der Waals surface area contributed by atoms with Crippen LogP contribution in [0.3, 0.4) is 0 Å². The Balaban J connectivity index is 1.52. The number of ether oxygens (including phenoxy) is 1. The summed E-state index contributed by atoms with van der Waals surface area (Å²) in [6, 6.07) is 24.4. The zero-order valence-electron chi connectivity index (χ0n) is 19.2. The fourth-order valence-corrected chi connectivity index (χ4v) is 4.53. The molecule has 1 saturated heterocycles. The maximum Gasteiger partial charge on any atom is 0.282 e. The molecule has 6 nitrogen and oxygen atoms in total. The Labute approximate surface area is 199 Å². The number of para-hydroxylation sites is 2. The number of hydrogen-bond acceptors (Lipinski definition) is 5. The van der Waals surface area contributed by atoms with Crippen LogP contribution in [0.4, 0.5) is 17.1 Å². The number of carbonyl (C=O) groups excluding carboxylic acids is 2. The summed E-state index contributed by atoms with van der Waals surface area (Å²) >= 11 is 0. The number of amides is 2. The molecule has 1 N–H and O–H groups in total. The summed E-state index contributed by atoms with van der Waals surface area (Å²) in [7, 11) is 0. The van der Waals surface area contributed by atoms with Crippen LogP contribution in [0.15, 0.2) is 84.6 Å². The van der Waals surface area contributed by atoms with Gasteiger partial charge >= 0.3 is 0 Å². The minimum absolute atomic E-state index is 0.243. The summed E-state index contributed by atoms with van der Waals surface area (Å²) in [5, 5.41) is 3.21. The Morgan fingerprint density at radius 3 is 2.15 bits per heavy atom. The highest BCUT2D eigenvalue weighted by molar-refractivity contribution is 6.46. The average molecular weight is 454 g/mol. The molecule has 172 valence electrons. The van der Waals surface area contributed by atoms with Crippen molar-refractivity contribution in [1.82, 2.24) is 0 Å². The Morgan fingerprint density at radius 2 is 1.44 bits per heavy atom. The summed E-state index contributed by atoms with van der Waals surface area (Å²) in [5.74, 6) is -0.107. The van der Waals surface area contributed by atoms with Crippen LogP contribution in [0.2, 0.25) is 0 Å². The number of carbonyl (C=O) groups is 2. The maximum atomic E-state index is 13.6. The molecule has 2 amide bonds. The summed E-state index contributed by atoms with van der Waals surface area (Å²) in [5.41, 5.74) is 3.59. The van der Waals surface area contributed by atoms with Crippen molar-refractivity contribution in [3.05, 3.63) is 90.1 Å². The number of nitrogens with one attached hydrogen (secondary N) is 1. The predicted molar refractivity (Wildman–Crippen MR) is 135 cm³/mol. The molecule has 0 aliphatic carbocycles. The molecule has 0 aromatic heterocycles. The van der Waals surface area contributed by atoms with Crippen LogP contribution < -0.4 is 19.9 Å². The van der Waals surface area contributed by atoms with Crippen LogP contribution in [0.25, 0.3) is 5.57 Å². The van der Waals surface area contributed by atoms with Crippen LogP contribution in [0.5, 0.6) is 5.75 Å². The first-order valence-electron chi connectivity index (χ1n) is 11.7. The van der Waals surface area contributed by atoms with Gasteiger partial charge in [-0.1, -0.05) is 42.5 Å². The maximum absolute atomic E-state index is 13.6. The first-order valence-corrected chi connectivity index (χ1v) is 11.7. The first-order chi connectivity index (χ1) is 16.7. The van der Waals surface area contributed by atoms with Crippen LogP contribution in [0.1, 0.15) is 25.3 Å². The third kappa shape index (κ3) is 4.03. The number of benzene rings is 3. The van der Waals surface area contributed by atoms with Crippen LogP contribution in [0, 0.1) is 0 Å². The van der Waals surface area contributed by atoms with Gasteiger partial charge in [0.2, 0.25) is 0 Å². The lowest BCUT2D eigenvalue weighted by Gasteiger charge is -2.20. The van der Waals surface area contributed by atoms with Crippen molar-refractivity contribution in [2.75, 3.05) is 34.8 Å². The van der Waals surface area contributed by atoms with Gasteiger partial charge in [0, 0.05) is 18.8 Å². The Morgan fingerprint density at radius 1 is 0.794 bits per heavy atom. The molecule has 2 aliphatic heterocycles. The standard InChI is InChI=1S/C28H27N3O3/c1-2-34-24-13-7-6-12-23(24)29-26-25(20-10-4-3-5-11-20)27(32)31(28(26)33)22-16-14-21(15-17-22)30-18-8-9-19-30/h3-7,10-17,29H,2,8-9,18-19H2,1H3. The van der Waals surface area contributed by atoms with E-state index in [9.17, 15) is 9.59 Å². The third-order valence-electron chi connectivity index (χ3n) is 6.17. The van der Waals surface area contributed by atoms with Gasteiger partial charge in [-0.05, 0) is 61.7 Å². The number of anilines is 3. The minimum atomic E-state index is -0.385. The Kier molecular flexibility index (Phi) is 6.04. The van der Waals surface area contributed by atoms with E-state index < -0.39 is 0 Å². The number of rotatable bonds is 7. The molecule has 0 spiro atoms. The van der Waals surface area contributed by atoms with Gasteiger partial charge in [-0.2, -0.15) is 0 Å². The molecule has 2 aliphatic rings. The smallest absolute Gasteiger partial charge is 0.282 e. The molecule has 0 atom stereocenters. The molecule has 34 heavy (non-hydrogen) atoms. The minimum Gasteiger partial charge on any atom is -0.492 e. The second kappa shape index (κ2) is 9.43. The second-order valence-corrected chi connectivity index (χ2v) is 8.33. The molecule has 0 bridgehead atoms. The highest BCUT2D eigenvalue weighted by atomic mass is 16.5. The van der Waals surface area contributed by atoms with Crippen LogP contribution in [-0.2, 0) is 9.59 Å². The quantitative estimate of drug-likeness (QED) is 0.506. The van der Waals surface area contributed by atoms with Crippen molar-refractivity contribution >= 4 is 34.4 Å². The molecule has 2 heterocycles. The Hall–Kier alpha value is -4.06. The summed E-state index contributed by atoms with van der Waals surface area (Å²) in [6.07, 6.45) is 2.38. The van der Waals surface area contributed by atoms with Crippen molar-refractivity contribution in [2.45, 2.75) is 19.8 Å². The lowest BCUT2D eigenvalue weighted by molar-refractivity contribution is -0.120. The van der Waals surface area contributed by atoms with E-state index in [4.69, 9.17) is 4.74 Å². The molecule has 3 aromatic rings. The average Bonchev–Trinajstić information content (AvgIpc) is 3.48. The number of nitrogens with zero attached hydrogens (tertiary/aromatic N) is 2. The van der Waals surface area contributed by atoms with E-state index in [1.807, 2.05) is 85.8 Å². The lowest BCUT2D eigenvalue weighted by Crippen LogP contribution is -2.32.